The van der Waals surface area contributed by atoms with E-state index >= 15 is 0 Å². The Kier molecular flexibility index (Phi) is 4.64. The highest BCUT2D eigenvalue weighted by Gasteiger charge is 2.21. The number of piperidine rings is 1. The van der Waals surface area contributed by atoms with Crippen molar-refractivity contribution in [3.63, 3.8) is 0 Å². The van der Waals surface area contributed by atoms with Gasteiger partial charge in [0.1, 0.15) is 5.82 Å². The predicted molar refractivity (Wildman–Crippen MR) is 68.8 cm³/mol. The van der Waals surface area contributed by atoms with Gasteiger partial charge in [-0.3, -0.25) is 10.1 Å². The van der Waals surface area contributed by atoms with Gasteiger partial charge < -0.3 is 4.90 Å². The van der Waals surface area contributed by atoms with Gasteiger partial charge in [-0.15, -0.1) is 0 Å². The van der Waals surface area contributed by atoms with E-state index in [1.165, 1.54) is 6.42 Å². The van der Waals surface area contributed by atoms with E-state index in [-0.39, 0.29) is 11.9 Å². The van der Waals surface area contributed by atoms with Crippen LogP contribution in [-0.2, 0) is 11.3 Å². The van der Waals surface area contributed by atoms with Crippen molar-refractivity contribution < 1.29 is 4.79 Å². The zero-order valence-electron chi connectivity index (χ0n) is 10.8. The van der Waals surface area contributed by atoms with Gasteiger partial charge >= 0.3 is 0 Å². The van der Waals surface area contributed by atoms with Gasteiger partial charge in [0.15, 0.2) is 0 Å². The summed E-state index contributed by atoms with van der Waals surface area (Å²) in [7, 11) is 0. The van der Waals surface area contributed by atoms with E-state index in [1.807, 2.05) is 11.8 Å². The summed E-state index contributed by atoms with van der Waals surface area (Å²) in [5, 5.41) is 3.18. The number of carbonyl (C=O) groups is 1. The van der Waals surface area contributed by atoms with E-state index in [0.29, 0.717) is 6.54 Å². The first-order chi connectivity index (χ1) is 8.77. The number of hydrogen-bond donors (Lipinski definition) is 1. The molecule has 5 heteroatoms. The Morgan fingerprint density at radius 2 is 2.00 bits per heavy atom. The fourth-order valence-corrected chi connectivity index (χ4v) is 2.14. The highest BCUT2D eigenvalue weighted by Crippen LogP contribution is 2.09. The third-order valence-corrected chi connectivity index (χ3v) is 3.22. The van der Waals surface area contributed by atoms with Crippen LogP contribution in [0.15, 0.2) is 18.5 Å². The molecule has 1 aliphatic heterocycles. The van der Waals surface area contributed by atoms with Gasteiger partial charge in [0.05, 0.1) is 12.6 Å². The van der Waals surface area contributed by atoms with Crippen LogP contribution in [0.3, 0.4) is 0 Å². The van der Waals surface area contributed by atoms with Crippen LogP contribution in [0.2, 0.25) is 0 Å². The number of likely N-dealkylation sites (tertiary alicyclic amines) is 1. The van der Waals surface area contributed by atoms with Gasteiger partial charge in [0, 0.05) is 25.5 Å². The van der Waals surface area contributed by atoms with Gasteiger partial charge in [-0.25, -0.2) is 9.97 Å². The Morgan fingerprint density at radius 3 is 2.67 bits per heavy atom. The Bertz CT molecular complexity index is 376. The number of hydrogen-bond acceptors (Lipinski definition) is 4. The van der Waals surface area contributed by atoms with Gasteiger partial charge in [-0.1, -0.05) is 0 Å². The molecule has 0 saturated carbocycles. The molecule has 1 amide bonds. The van der Waals surface area contributed by atoms with Gasteiger partial charge in [-0.05, 0) is 32.3 Å². The smallest absolute Gasteiger partial charge is 0.239 e. The normalized spacial score (nSPS) is 17.5. The summed E-state index contributed by atoms with van der Waals surface area (Å²) in [4.78, 5) is 22.3. The lowest BCUT2D eigenvalue weighted by Gasteiger charge is -2.29. The summed E-state index contributed by atoms with van der Waals surface area (Å²) in [5.41, 5.74) is 0. The number of aromatic nitrogens is 2. The number of nitrogens with zero attached hydrogens (tertiary/aromatic N) is 3. The van der Waals surface area contributed by atoms with Crippen molar-refractivity contribution in [1.29, 1.82) is 0 Å². The second-order valence-electron chi connectivity index (χ2n) is 4.65. The lowest BCUT2D eigenvalue weighted by atomic mass is 10.1. The van der Waals surface area contributed by atoms with E-state index in [4.69, 9.17) is 0 Å². The van der Waals surface area contributed by atoms with Gasteiger partial charge in [0.2, 0.25) is 5.91 Å². The van der Waals surface area contributed by atoms with Crippen molar-refractivity contribution in [3.8, 4) is 0 Å². The fraction of sp³-hybridized carbons (Fsp3) is 0.615. The largest absolute Gasteiger partial charge is 0.341 e. The summed E-state index contributed by atoms with van der Waals surface area (Å²) >= 11 is 0. The number of carbonyl (C=O) groups excluding carboxylic acids is 1. The molecule has 0 aromatic carbocycles. The number of rotatable bonds is 4. The third kappa shape index (κ3) is 3.50. The summed E-state index contributed by atoms with van der Waals surface area (Å²) in [6.07, 6.45) is 6.91. The zero-order chi connectivity index (χ0) is 12.8. The molecule has 98 valence electrons. The standard InChI is InChI=1S/C13H20N4O/c1-11(13(18)17-8-3-2-4-9-17)16-10-12-14-6-5-7-15-12/h5-7,11,16H,2-4,8-10H2,1H3. The van der Waals surface area contributed by atoms with Crippen molar-refractivity contribution in [2.45, 2.75) is 38.8 Å². The highest BCUT2D eigenvalue weighted by molar-refractivity contribution is 5.81. The molecule has 0 spiro atoms. The minimum absolute atomic E-state index is 0.174. The maximum absolute atomic E-state index is 12.1. The molecule has 0 radical (unpaired) electrons. The molecule has 5 nitrogen and oxygen atoms in total. The van der Waals surface area contributed by atoms with E-state index in [9.17, 15) is 4.79 Å². The van der Waals surface area contributed by atoms with Crippen LogP contribution < -0.4 is 5.32 Å². The number of amides is 1. The van der Waals surface area contributed by atoms with Crippen LogP contribution >= 0.6 is 0 Å². The number of nitrogens with one attached hydrogen (secondary N) is 1. The first-order valence-corrected chi connectivity index (χ1v) is 6.55. The molecule has 0 bridgehead atoms. The first-order valence-electron chi connectivity index (χ1n) is 6.55. The molecular weight excluding hydrogens is 228 g/mol. The van der Waals surface area contributed by atoms with Gasteiger partial charge in [-0.2, -0.15) is 0 Å². The van der Waals surface area contributed by atoms with Crippen LogP contribution in [0.25, 0.3) is 0 Å². The Hall–Kier alpha value is -1.49. The van der Waals surface area contributed by atoms with Crippen LogP contribution in [0.4, 0.5) is 0 Å². The zero-order valence-corrected chi connectivity index (χ0v) is 10.8. The van der Waals surface area contributed by atoms with E-state index in [1.54, 1.807) is 18.5 Å². The monoisotopic (exact) mass is 248 g/mol. The van der Waals surface area contributed by atoms with Crippen molar-refractivity contribution >= 4 is 5.91 Å². The Labute approximate surface area is 108 Å². The SMILES string of the molecule is CC(NCc1ncccn1)C(=O)N1CCCCC1. The summed E-state index contributed by atoms with van der Waals surface area (Å²) in [6.45, 7) is 4.22. The molecular formula is C13H20N4O. The molecule has 1 aromatic heterocycles. The van der Waals surface area contributed by atoms with Gasteiger partial charge in [0.25, 0.3) is 0 Å². The third-order valence-electron chi connectivity index (χ3n) is 3.22. The molecule has 1 aromatic rings. The molecule has 1 atom stereocenters. The van der Waals surface area contributed by atoms with Crippen LogP contribution in [0.5, 0.6) is 0 Å². The van der Waals surface area contributed by atoms with Crippen LogP contribution in [-0.4, -0.2) is 39.9 Å². The van der Waals surface area contributed by atoms with E-state index in [2.05, 4.69) is 15.3 Å². The highest BCUT2D eigenvalue weighted by atomic mass is 16.2. The van der Waals surface area contributed by atoms with Crippen LogP contribution in [0, 0.1) is 0 Å². The summed E-state index contributed by atoms with van der Waals surface area (Å²) in [6, 6.07) is 1.61. The topological polar surface area (TPSA) is 58.1 Å². The second kappa shape index (κ2) is 6.44. The second-order valence-corrected chi connectivity index (χ2v) is 4.65. The van der Waals surface area contributed by atoms with Crippen molar-refractivity contribution in [2.75, 3.05) is 13.1 Å². The molecule has 1 N–H and O–H groups in total. The quantitative estimate of drug-likeness (QED) is 0.862. The minimum atomic E-state index is -0.174. The molecule has 1 aliphatic rings. The Balaban J connectivity index is 1.80. The van der Waals surface area contributed by atoms with Crippen LogP contribution in [0.1, 0.15) is 32.0 Å². The molecule has 2 rings (SSSR count). The maximum Gasteiger partial charge on any atom is 0.239 e. The average Bonchev–Trinajstić information content (AvgIpc) is 2.46. The lowest BCUT2D eigenvalue weighted by molar-refractivity contribution is -0.133. The molecule has 0 aliphatic carbocycles. The Morgan fingerprint density at radius 1 is 1.33 bits per heavy atom. The maximum atomic E-state index is 12.1. The minimum Gasteiger partial charge on any atom is -0.341 e. The van der Waals surface area contributed by atoms with E-state index in [0.717, 1.165) is 31.8 Å². The van der Waals surface area contributed by atoms with Crippen molar-refractivity contribution in [1.82, 2.24) is 20.2 Å². The van der Waals surface area contributed by atoms with Crippen molar-refractivity contribution in [2.24, 2.45) is 0 Å². The molecule has 1 fully saturated rings. The predicted octanol–water partition coefficient (Wildman–Crippen LogP) is 0.967. The first kappa shape index (κ1) is 13.0. The lowest BCUT2D eigenvalue weighted by Crippen LogP contribution is -2.46. The summed E-state index contributed by atoms with van der Waals surface area (Å²) < 4.78 is 0. The fourth-order valence-electron chi connectivity index (χ4n) is 2.14. The summed E-state index contributed by atoms with van der Waals surface area (Å²) in [5.74, 6) is 0.904. The molecule has 18 heavy (non-hydrogen) atoms. The molecule has 1 unspecified atom stereocenters. The average molecular weight is 248 g/mol. The van der Waals surface area contributed by atoms with E-state index < -0.39 is 0 Å². The molecule has 1 saturated heterocycles. The van der Waals surface area contributed by atoms with Crippen molar-refractivity contribution in [3.05, 3.63) is 24.3 Å². The molecule has 2 heterocycles.